The lowest BCUT2D eigenvalue weighted by Gasteiger charge is -2.16. The molecule has 2 rings (SSSR count). The SMILES string of the molecule is COC(=O)c1ccccc1CNCC1CCCC1C. The smallest absolute Gasteiger partial charge is 0.338 e. The number of methoxy groups -OCH3 is 1. The number of ether oxygens (including phenoxy) is 1. The largest absolute Gasteiger partial charge is 0.465 e. The maximum absolute atomic E-state index is 11.7. The Bertz CT molecular complexity index is 431. The van der Waals surface area contributed by atoms with Gasteiger partial charge in [0.25, 0.3) is 0 Å². The van der Waals surface area contributed by atoms with E-state index >= 15 is 0 Å². The van der Waals surface area contributed by atoms with E-state index in [1.54, 1.807) is 0 Å². The molecule has 0 bridgehead atoms. The normalized spacial score (nSPS) is 22.4. The van der Waals surface area contributed by atoms with Crippen molar-refractivity contribution in [1.82, 2.24) is 5.32 Å². The van der Waals surface area contributed by atoms with Gasteiger partial charge in [-0.05, 0) is 36.4 Å². The van der Waals surface area contributed by atoms with Crippen molar-refractivity contribution >= 4 is 5.97 Å². The lowest BCUT2D eigenvalue weighted by molar-refractivity contribution is 0.0599. The van der Waals surface area contributed by atoms with E-state index in [0.29, 0.717) is 5.56 Å². The molecule has 3 nitrogen and oxygen atoms in total. The zero-order valence-corrected chi connectivity index (χ0v) is 11.8. The molecule has 0 saturated heterocycles. The molecular weight excluding hydrogens is 238 g/mol. The minimum absolute atomic E-state index is 0.258. The Hall–Kier alpha value is -1.35. The zero-order chi connectivity index (χ0) is 13.7. The fourth-order valence-corrected chi connectivity index (χ4v) is 2.90. The summed E-state index contributed by atoms with van der Waals surface area (Å²) < 4.78 is 4.81. The van der Waals surface area contributed by atoms with Gasteiger partial charge in [-0.25, -0.2) is 4.79 Å². The van der Waals surface area contributed by atoms with Crippen LogP contribution in [0.15, 0.2) is 24.3 Å². The molecular formula is C16H23NO2. The molecule has 1 aliphatic carbocycles. The highest BCUT2D eigenvalue weighted by atomic mass is 16.5. The van der Waals surface area contributed by atoms with Crippen LogP contribution in [0.1, 0.15) is 42.1 Å². The van der Waals surface area contributed by atoms with Gasteiger partial charge in [-0.15, -0.1) is 0 Å². The summed E-state index contributed by atoms with van der Waals surface area (Å²) in [4.78, 5) is 11.7. The molecule has 0 spiro atoms. The molecule has 1 aromatic rings. The number of nitrogens with one attached hydrogen (secondary N) is 1. The maximum atomic E-state index is 11.7. The lowest BCUT2D eigenvalue weighted by atomic mass is 9.98. The number of hydrogen-bond acceptors (Lipinski definition) is 3. The summed E-state index contributed by atoms with van der Waals surface area (Å²) in [5.74, 6) is 1.35. The van der Waals surface area contributed by atoms with Crippen LogP contribution >= 0.6 is 0 Å². The first-order valence-electron chi connectivity index (χ1n) is 7.09. The molecule has 0 aliphatic heterocycles. The summed E-state index contributed by atoms with van der Waals surface area (Å²) in [6, 6.07) is 7.63. The second kappa shape index (κ2) is 6.71. The van der Waals surface area contributed by atoms with Crippen molar-refractivity contribution in [1.29, 1.82) is 0 Å². The fourth-order valence-electron chi connectivity index (χ4n) is 2.90. The molecule has 104 valence electrons. The van der Waals surface area contributed by atoms with Gasteiger partial charge in [0.05, 0.1) is 12.7 Å². The van der Waals surface area contributed by atoms with Gasteiger partial charge in [0.2, 0.25) is 0 Å². The Morgan fingerprint density at radius 2 is 2.16 bits per heavy atom. The molecule has 1 aromatic carbocycles. The van der Waals surface area contributed by atoms with Crippen molar-refractivity contribution in [2.45, 2.75) is 32.7 Å². The predicted molar refractivity (Wildman–Crippen MR) is 76.0 cm³/mol. The summed E-state index contributed by atoms with van der Waals surface area (Å²) in [6.07, 6.45) is 4.03. The average Bonchev–Trinajstić information content (AvgIpc) is 2.84. The van der Waals surface area contributed by atoms with Gasteiger partial charge in [0.15, 0.2) is 0 Å². The van der Waals surface area contributed by atoms with Crippen LogP contribution in [0.3, 0.4) is 0 Å². The highest BCUT2D eigenvalue weighted by molar-refractivity contribution is 5.90. The van der Waals surface area contributed by atoms with Crippen molar-refractivity contribution in [3.8, 4) is 0 Å². The van der Waals surface area contributed by atoms with Crippen molar-refractivity contribution < 1.29 is 9.53 Å². The maximum Gasteiger partial charge on any atom is 0.338 e. The molecule has 3 heteroatoms. The number of hydrogen-bond donors (Lipinski definition) is 1. The average molecular weight is 261 g/mol. The van der Waals surface area contributed by atoms with Gasteiger partial charge >= 0.3 is 5.97 Å². The monoisotopic (exact) mass is 261 g/mol. The molecule has 0 amide bonds. The minimum atomic E-state index is -0.258. The topological polar surface area (TPSA) is 38.3 Å². The molecule has 0 heterocycles. The van der Waals surface area contributed by atoms with Crippen LogP contribution in [-0.2, 0) is 11.3 Å². The highest BCUT2D eigenvalue weighted by Crippen LogP contribution is 2.30. The first-order valence-corrected chi connectivity index (χ1v) is 7.09. The summed E-state index contributed by atoms with van der Waals surface area (Å²) in [7, 11) is 1.42. The third-order valence-electron chi connectivity index (χ3n) is 4.18. The van der Waals surface area contributed by atoms with Crippen molar-refractivity contribution in [2.75, 3.05) is 13.7 Å². The van der Waals surface area contributed by atoms with E-state index in [-0.39, 0.29) is 5.97 Å². The third-order valence-corrected chi connectivity index (χ3v) is 4.18. The van der Waals surface area contributed by atoms with Gasteiger partial charge in [0.1, 0.15) is 0 Å². The Morgan fingerprint density at radius 1 is 1.37 bits per heavy atom. The van der Waals surface area contributed by atoms with Gasteiger partial charge in [-0.3, -0.25) is 0 Å². The van der Waals surface area contributed by atoms with Crippen molar-refractivity contribution in [2.24, 2.45) is 11.8 Å². The fraction of sp³-hybridized carbons (Fsp3) is 0.562. The van der Waals surface area contributed by atoms with E-state index in [9.17, 15) is 4.79 Å². The summed E-state index contributed by atoms with van der Waals surface area (Å²) in [6.45, 7) is 4.10. The van der Waals surface area contributed by atoms with Crippen LogP contribution in [0.5, 0.6) is 0 Å². The Kier molecular flexibility index (Phi) is 4.97. The van der Waals surface area contributed by atoms with Gasteiger partial charge in [-0.2, -0.15) is 0 Å². The molecule has 0 radical (unpaired) electrons. The second-order valence-electron chi connectivity index (χ2n) is 5.45. The van der Waals surface area contributed by atoms with E-state index in [4.69, 9.17) is 4.74 Å². The van der Waals surface area contributed by atoms with Crippen LogP contribution < -0.4 is 5.32 Å². The number of carbonyl (C=O) groups excluding carboxylic acids is 1. The summed E-state index contributed by atoms with van der Waals surface area (Å²) >= 11 is 0. The van der Waals surface area contributed by atoms with Gasteiger partial charge in [-0.1, -0.05) is 38.0 Å². The van der Waals surface area contributed by atoms with Crippen LogP contribution in [0.2, 0.25) is 0 Å². The molecule has 0 aromatic heterocycles. The lowest BCUT2D eigenvalue weighted by Crippen LogP contribution is -2.24. The molecule has 1 saturated carbocycles. The van der Waals surface area contributed by atoms with E-state index in [1.807, 2.05) is 24.3 Å². The summed E-state index contributed by atoms with van der Waals surface area (Å²) in [5, 5.41) is 3.49. The molecule has 19 heavy (non-hydrogen) atoms. The van der Waals surface area contributed by atoms with E-state index in [0.717, 1.165) is 30.5 Å². The van der Waals surface area contributed by atoms with Gasteiger partial charge in [0, 0.05) is 6.54 Å². The highest BCUT2D eigenvalue weighted by Gasteiger charge is 2.22. The molecule has 1 N–H and O–H groups in total. The number of carbonyl (C=O) groups is 1. The zero-order valence-electron chi connectivity index (χ0n) is 11.8. The number of rotatable bonds is 5. The van der Waals surface area contributed by atoms with Crippen LogP contribution in [0.25, 0.3) is 0 Å². The quantitative estimate of drug-likeness (QED) is 0.828. The minimum Gasteiger partial charge on any atom is -0.465 e. The second-order valence-corrected chi connectivity index (χ2v) is 5.45. The van der Waals surface area contributed by atoms with E-state index < -0.39 is 0 Å². The molecule has 2 atom stereocenters. The Labute approximate surface area is 115 Å². The predicted octanol–water partition coefficient (Wildman–Crippen LogP) is 3.00. The Morgan fingerprint density at radius 3 is 2.84 bits per heavy atom. The van der Waals surface area contributed by atoms with Crippen LogP contribution in [0, 0.1) is 11.8 Å². The Balaban J connectivity index is 1.90. The number of benzene rings is 1. The van der Waals surface area contributed by atoms with Crippen molar-refractivity contribution in [3.63, 3.8) is 0 Å². The number of esters is 1. The van der Waals surface area contributed by atoms with E-state index in [2.05, 4.69) is 12.2 Å². The van der Waals surface area contributed by atoms with Gasteiger partial charge < -0.3 is 10.1 Å². The standard InChI is InChI=1S/C16H23NO2/c1-12-6-5-8-13(12)10-17-11-14-7-3-4-9-15(14)16(18)19-2/h3-4,7,9,12-13,17H,5-6,8,10-11H2,1-2H3. The van der Waals surface area contributed by atoms with Crippen molar-refractivity contribution in [3.05, 3.63) is 35.4 Å². The van der Waals surface area contributed by atoms with Crippen LogP contribution in [-0.4, -0.2) is 19.6 Å². The first-order chi connectivity index (χ1) is 9.22. The van der Waals surface area contributed by atoms with E-state index in [1.165, 1.54) is 26.4 Å². The summed E-state index contributed by atoms with van der Waals surface area (Å²) in [5.41, 5.74) is 1.68. The molecule has 1 aliphatic rings. The molecule has 1 fully saturated rings. The first kappa shape index (κ1) is 14.1. The molecule has 2 unspecified atom stereocenters. The third kappa shape index (κ3) is 3.57. The van der Waals surface area contributed by atoms with Crippen LogP contribution in [0.4, 0.5) is 0 Å².